The minimum Gasteiger partial charge on any atom is -0.451 e. The van der Waals surface area contributed by atoms with E-state index in [0.717, 1.165) is 16.5 Å². The molecule has 0 N–H and O–H groups in total. The lowest BCUT2D eigenvalue weighted by Crippen LogP contribution is -2.25. The number of alkyl halides is 2. The number of fused-ring (bicyclic) bond motifs is 1. The van der Waals surface area contributed by atoms with Crippen LogP contribution in [0.25, 0.3) is 10.9 Å². The maximum Gasteiger partial charge on any atom is 0.387 e. The van der Waals surface area contributed by atoms with Gasteiger partial charge in [-0.1, -0.05) is 11.6 Å². The number of esters is 1. The Kier molecular flexibility index (Phi) is 5.87. The van der Waals surface area contributed by atoms with E-state index in [4.69, 9.17) is 4.74 Å². The molecule has 0 saturated heterocycles. The van der Waals surface area contributed by atoms with Gasteiger partial charge >= 0.3 is 12.6 Å². The third-order valence-electron chi connectivity index (χ3n) is 4.40. The predicted octanol–water partition coefficient (Wildman–Crippen LogP) is 4.88. The van der Waals surface area contributed by atoms with E-state index in [0.29, 0.717) is 5.69 Å². The lowest BCUT2D eigenvalue weighted by atomic mass is 10.1. The van der Waals surface area contributed by atoms with E-state index in [1.807, 2.05) is 25.1 Å². The van der Waals surface area contributed by atoms with Crippen LogP contribution in [0, 0.1) is 13.8 Å². The van der Waals surface area contributed by atoms with Crippen LogP contribution < -0.4 is 4.74 Å². The van der Waals surface area contributed by atoms with Gasteiger partial charge in [-0.25, -0.2) is 4.79 Å². The molecule has 1 atom stereocenters. The Labute approximate surface area is 166 Å². The van der Waals surface area contributed by atoms with Crippen LogP contribution in [0.5, 0.6) is 5.75 Å². The molecule has 1 aromatic heterocycles. The van der Waals surface area contributed by atoms with Crippen molar-refractivity contribution in [3.05, 3.63) is 70.9 Å². The topological polar surface area (TPSA) is 65.5 Å². The average molecular weight is 399 g/mol. The molecule has 150 valence electrons. The minimum atomic E-state index is -2.95. The first kappa shape index (κ1) is 20.4. The summed E-state index contributed by atoms with van der Waals surface area (Å²) >= 11 is 0. The van der Waals surface area contributed by atoms with Gasteiger partial charge in [0.25, 0.3) is 0 Å². The van der Waals surface area contributed by atoms with E-state index in [9.17, 15) is 18.4 Å². The van der Waals surface area contributed by atoms with Crippen LogP contribution in [-0.4, -0.2) is 29.5 Å². The molecule has 0 aliphatic rings. The predicted molar refractivity (Wildman–Crippen MR) is 103 cm³/mol. The molecule has 0 aliphatic heterocycles. The van der Waals surface area contributed by atoms with Crippen LogP contribution in [0.2, 0.25) is 0 Å². The van der Waals surface area contributed by atoms with Crippen LogP contribution in [0.3, 0.4) is 0 Å². The van der Waals surface area contributed by atoms with E-state index < -0.39 is 24.5 Å². The Balaban J connectivity index is 1.75. The second-order valence-electron chi connectivity index (χ2n) is 6.63. The van der Waals surface area contributed by atoms with Crippen molar-refractivity contribution in [1.29, 1.82) is 0 Å². The van der Waals surface area contributed by atoms with Gasteiger partial charge in [-0.05, 0) is 63.2 Å². The number of halogens is 2. The van der Waals surface area contributed by atoms with E-state index in [1.54, 1.807) is 13.0 Å². The molecule has 0 fully saturated rings. The van der Waals surface area contributed by atoms with Gasteiger partial charge in [0.15, 0.2) is 6.10 Å². The summed E-state index contributed by atoms with van der Waals surface area (Å²) in [7, 11) is 0. The number of rotatable bonds is 6. The normalized spacial score (nSPS) is 12.1. The Bertz CT molecular complexity index is 1060. The summed E-state index contributed by atoms with van der Waals surface area (Å²) in [4.78, 5) is 29.5. The molecule has 0 radical (unpaired) electrons. The fourth-order valence-corrected chi connectivity index (χ4v) is 2.91. The van der Waals surface area contributed by atoms with Gasteiger partial charge in [-0.3, -0.25) is 9.78 Å². The molecule has 2 aromatic carbocycles. The van der Waals surface area contributed by atoms with Crippen molar-refractivity contribution in [2.24, 2.45) is 0 Å². The number of hydrogen-bond acceptors (Lipinski definition) is 5. The highest BCUT2D eigenvalue weighted by molar-refractivity contribution is 6.02. The second-order valence-corrected chi connectivity index (χ2v) is 6.63. The van der Waals surface area contributed by atoms with Crippen LogP contribution in [0.4, 0.5) is 8.78 Å². The highest BCUT2D eigenvalue weighted by Gasteiger charge is 2.22. The monoisotopic (exact) mass is 399 g/mol. The highest BCUT2D eigenvalue weighted by Crippen LogP contribution is 2.20. The van der Waals surface area contributed by atoms with Gasteiger partial charge in [0.1, 0.15) is 5.75 Å². The van der Waals surface area contributed by atoms with Crippen LogP contribution in [-0.2, 0) is 4.74 Å². The molecule has 0 aliphatic carbocycles. The lowest BCUT2D eigenvalue weighted by Gasteiger charge is -2.14. The largest absolute Gasteiger partial charge is 0.451 e. The quantitative estimate of drug-likeness (QED) is 0.437. The summed E-state index contributed by atoms with van der Waals surface area (Å²) in [5.74, 6) is -1.17. The van der Waals surface area contributed by atoms with Crippen molar-refractivity contribution in [2.75, 3.05) is 0 Å². The third kappa shape index (κ3) is 4.74. The second kappa shape index (κ2) is 8.34. The molecule has 0 amide bonds. The Hall–Kier alpha value is -3.35. The molecule has 3 aromatic rings. The van der Waals surface area contributed by atoms with Crippen molar-refractivity contribution < 1.29 is 27.8 Å². The molecular formula is C22H19F2NO4. The first-order valence-corrected chi connectivity index (χ1v) is 8.92. The number of aryl methyl sites for hydroxylation is 2. The standard InChI is InChI=1S/C22H19F2NO4/c1-12-4-9-19-16(10-12)11-18(13(2)25-19)21(27)28-14(3)20(26)15-5-7-17(8-6-15)29-22(23)24/h4-11,14,22H,1-3H3. The summed E-state index contributed by atoms with van der Waals surface area (Å²) in [5.41, 5.74) is 2.80. The zero-order valence-corrected chi connectivity index (χ0v) is 16.1. The van der Waals surface area contributed by atoms with Crippen LogP contribution in [0.15, 0.2) is 48.5 Å². The smallest absolute Gasteiger partial charge is 0.387 e. The van der Waals surface area contributed by atoms with Crippen molar-refractivity contribution in [3.63, 3.8) is 0 Å². The average Bonchev–Trinajstić information content (AvgIpc) is 2.67. The maximum absolute atomic E-state index is 12.6. The first-order valence-electron chi connectivity index (χ1n) is 8.92. The lowest BCUT2D eigenvalue weighted by molar-refractivity contribution is -0.0498. The highest BCUT2D eigenvalue weighted by atomic mass is 19.3. The zero-order valence-electron chi connectivity index (χ0n) is 16.1. The number of Topliss-reactive ketones (excluding diaryl/α,β-unsaturated/α-hetero) is 1. The fourth-order valence-electron chi connectivity index (χ4n) is 2.91. The molecule has 3 rings (SSSR count). The number of ketones is 1. The summed E-state index contributed by atoms with van der Waals surface area (Å²) in [6.07, 6.45) is -1.06. The molecule has 29 heavy (non-hydrogen) atoms. The van der Waals surface area contributed by atoms with Crippen molar-refractivity contribution in [1.82, 2.24) is 4.98 Å². The number of ether oxygens (including phenoxy) is 2. The van der Waals surface area contributed by atoms with Gasteiger partial charge in [-0.15, -0.1) is 0 Å². The minimum absolute atomic E-state index is 0.0608. The number of pyridine rings is 1. The fraction of sp³-hybridized carbons (Fsp3) is 0.227. The molecular weight excluding hydrogens is 380 g/mol. The van der Waals surface area contributed by atoms with Gasteiger partial charge in [0.2, 0.25) is 5.78 Å². The van der Waals surface area contributed by atoms with Crippen molar-refractivity contribution >= 4 is 22.7 Å². The molecule has 1 heterocycles. The molecule has 0 spiro atoms. The molecule has 7 heteroatoms. The zero-order chi connectivity index (χ0) is 21.1. The summed E-state index contributed by atoms with van der Waals surface area (Å²) in [5, 5.41) is 0.802. The van der Waals surface area contributed by atoms with Crippen molar-refractivity contribution in [3.8, 4) is 5.75 Å². The number of benzene rings is 2. The molecule has 1 unspecified atom stereocenters. The van der Waals surface area contributed by atoms with Crippen LogP contribution in [0.1, 0.15) is 38.9 Å². The third-order valence-corrected chi connectivity index (χ3v) is 4.40. The summed E-state index contributed by atoms with van der Waals surface area (Å²) < 4.78 is 34.0. The molecule has 5 nitrogen and oxygen atoms in total. The number of carbonyl (C=O) groups is 2. The SMILES string of the molecule is Cc1ccc2nc(C)c(C(=O)OC(C)C(=O)c3ccc(OC(F)F)cc3)cc2c1. The van der Waals surface area contributed by atoms with Gasteiger partial charge in [-0.2, -0.15) is 8.78 Å². The molecule has 0 bridgehead atoms. The number of nitrogens with zero attached hydrogens (tertiary/aromatic N) is 1. The maximum atomic E-state index is 12.6. The van der Waals surface area contributed by atoms with Gasteiger partial charge in [0, 0.05) is 10.9 Å². The Morgan fingerprint density at radius 1 is 1.00 bits per heavy atom. The Morgan fingerprint density at radius 2 is 1.69 bits per heavy atom. The summed E-state index contributed by atoms with van der Waals surface area (Å²) in [6.45, 7) is 2.15. The van der Waals surface area contributed by atoms with E-state index in [-0.39, 0.29) is 16.9 Å². The van der Waals surface area contributed by atoms with E-state index in [1.165, 1.54) is 31.2 Å². The van der Waals surface area contributed by atoms with Gasteiger partial charge < -0.3 is 9.47 Å². The van der Waals surface area contributed by atoms with Crippen LogP contribution >= 0.6 is 0 Å². The molecule has 0 saturated carbocycles. The summed E-state index contributed by atoms with van der Waals surface area (Å²) in [6, 6.07) is 12.6. The number of aromatic nitrogens is 1. The van der Waals surface area contributed by atoms with Gasteiger partial charge in [0.05, 0.1) is 16.8 Å². The van der Waals surface area contributed by atoms with E-state index >= 15 is 0 Å². The Morgan fingerprint density at radius 3 is 2.34 bits per heavy atom. The first-order chi connectivity index (χ1) is 13.7. The van der Waals surface area contributed by atoms with Crippen molar-refractivity contribution in [2.45, 2.75) is 33.5 Å². The number of carbonyl (C=O) groups excluding carboxylic acids is 2. The number of hydrogen-bond donors (Lipinski definition) is 0. The van der Waals surface area contributed by atoms with E-state index in [2.05, 4.69) is 9.72 Å².